The molecule has 1 aliphatic rings. The van der Waals surface area contributed by atoms with Crippen LogP contribution < -0.4 is 5.32 Å². The van der Waals surface area contributed by atoms with Gasteiger partial charge in [0.2, 0.25) is 0 Å². The molecule has 0 bridgehead atoms. The maximum Gasteiger partial charge on any atom is 0.0619 e. The highest BCUT2D eigenvalue weighted by Crippen LogP contribution is 2.27. The van der Waals surface area contributed by atoms with Crippen LogP contribution in [0.1, 0.15) is 47.0 Å². The van der Waals surface area contributed by atoms with E-state index >= 15 is 0 Å². The van der Waals surface area contributed by atoms with Crippen LogP contribution >= 0.6 is 0 Å². The second-order valence-corrected chi connectivity index (χ2v) is 4.99. The van der Waals surface area contributed by atoms with Crippen molar-refractivity contribution in [1.29, 1.82) is 0 Å². The van der Waals surface area contributed by atoms with Gasteiger partial charge in [0.1, 0.15) is 0 Å². The summed E-state index contributed by atoms with van der Waals surface area (Å²) in [7, 11) is 0. The van der Waals surface area contributed by atoms with Crippen molar-refractivity contribution in [2.24, 2.45) is 5.92 Å². The normalized spacial score (nSPS) is 26.8. The molecule has 0 aliphatic carbocycles. The Morgan fingerprint density at radius 1 is 1.44 bits per heavy atom. The van der Waals surface area contributed by atoms with E-state index in [1.54, 1.807) is 0 Å². The molecule has 1 N–H and O–H groups in total. The third-order valence-electron chi connectivity index (χ3n) is 3.27. The van der Waals surface area contributed by atoms with Crippen LogP contribution in [-0.2, 0) is 4.74 Å². The Hall–Kier alpha value is -0.340. The SMILES string of the molecule is CCCNC(C=C(C)C)C1CCOC1CC. The Balaban J connectivity index is 2.63. The van der Waals surface area contributed by atoms with Crippen LogP contribution in [0.2, 0.25) is 0 Å². The van der Waals surface area contributed by atoms with E-state index in [9.17, 15) is 0 Å². The van der Waals surface area contributed by atoms with Gasteiger partial charge in [-0.25, -0.2) is 0 Å². The molecule has 2 nitrogen and oxygen atoms in total. The topological polar surface area (TPSA) is 21.3 Å². The van der Waals surface area contributed by atoms with E-state index in [1.807, 2.05) is 0 Å². The van der Waals surface area contributed by atoms with E-state index in [4.69, 9.17) is 4.74 Å². The van der Waals surface area contributed by atoms with E-state index in [2.05, 4.69) is 39.1 Å². The maximum atomic E-state index is 5.79. The number of ether oxygens (including phenoxy) is 1. The minimum Gasteiger partial charge on any atom is -0.378 e. The molecule has 3 atom stereocenters. The van der Waals surface area contributed by atoms with Gasteiger partial charge in [0, 0.05) is 18.6 Å². The molecule has 1 rings (SSSR count). The standard InChI is InChI=1S/C14H27NO/c1-5-8-15-13(10-11(3)4)12-7-9-16-14(12)6-2/h10,12-15H,5-9H2,1-4H3. The van der Waals surface area contributed by atoms with Crippen molar-refractivity contribution in [2.75, 3.05) is 13.2 Å². The summed E-state index contributed by atoms with van der Waals surface area (Å²) in [5.74, 6) is 0.659. The van der Waals surface area contributed by atoms with Crippen LogP contribution in [0.25, 0.3) is 0 Å². The number of allylic oxidation sites excluding steroid dienone is 1. The average Bonchev–Trinajstić information content (AvgIpc) is 2.71. The summed E-state index contributed by atoms with van der Waals surface area (Å²) >= 11 is 0. The van der Waals surface area contributed by atoms with Gasteiger partial charge in [0.15, 0.2) is 0 Å². The van der Waals surface area contributed by atoms with Crippen molar-refractivity contribution in [3.8, 4) is 0 Å². The van der Waals surface area contributed by atoms with Crippen LogP contribution in [0, 0.1) is 5.92 Å². The molecule has 0 aromatic heterocycles. The Morgan fingerprint density at radius 3 is 2.75 bits per heavy atom. The molecule has 1 aliphatic heterocycles. The van der Waals surface area contributed by atoms with Gasteiger partial charge in [0.05, 0.1) is 6.10 Å². The molecule has 1 saturated heterocycles. The molecule has 3 unspecified atom stereocenters. The van der Waals surface area contributed by atoms with Gasteiger partial charge in [0.25, 0.3) is 0 Å². The second kappa shape index (κ2) is 7.08. The zero-order valence-electron chi connectivity index (χ0n) is 11.3. The third-order valence-corrected chi connectivity index (χ3v) is 3.27. The summed E-state index contributed by atoms with van der Waals surface area (Å²) in [6, 6.07) is 0.498. The molecule has 0 amide bonds. The lowest BCUT2D eigenvalue weighted by Gasteiger charge is -2.26. The lowest BCUT2D eigenvalue weighted by molar-refractivity contribution is 0.0818. The van der Waals surface area contributed by atoms with Crippen molar-refractivity contribution < 1.29 is 4.74 Å². The summed E-state index contributed by atoms with van der Waals surface area (Å²) in [6.07, 6.45) is 6.34. The monoisotopic (exact) mass is 225 g/mol. The number of nitrogens with one attached hydrogen (secondary N) is 1. The highest BCUT2D eigenvalue weighted by Gasteiger charge is 2.32. The fourth-order valence-electron chi connectivity index (χ4n) is 2.50. The molecule has 0 aromatic rings. The van der Waals surface area contributed by atoms with Gasteiger partial charge in [-0.2, -0.15) is 0 Å². The molecule has 2 heteroatoms. The van der Waals surface area contributed by atoms with Gasteiger partial charge < -0.3 is 10.1 Å². The quantitative estimate of drug-likeness (QED) is 0.701. The largest absolute Gasteiger partial charge is 0.378 e. The molecule has 0 radical (unpaired) electrons. The number of rotatable bonds is 6. The minimum atomic E-state index is 0.449. The molecule has 0 spiro atoms. The van der Waals surface area contributed by atoms with Gasteiger partial charge in [-0.15, -0.1) is 0 Å². The van der Waals surface area contributed by atoms with Gasteiger partial charge >= 0.3 is 0 Å². The van der Waals surface area contributed by atoms with Crippen molar-refractivity contribution in [3.63, 3.8) is 0 Å². The van der Waals surface area contributed by atoms with Crippen LogP contribution in [0.3, 0.4) is 0 Å². The van der Waals surface area contributed by atoms with Gasteiger partial charge in [-0.05, 0) is 39.7 Å². The Morgan fingerprint density at radius 2 is 2.19 bits per heavy atom. The Bertz CT molecular complexity index is 221. The van der Waals surface area contributed by atoms with Crippen LogP contribution in [0.15, 0.2) is 11.6 Å². The molecule has 16 heavy (non-hydrogen) atoms. The summed E-state index contributed by atoms with van der Waals surface area (Å²) in [5.41, 5.74) is 1.40. The Labute approximate surface area is 100 Å². The predicted molar refractivity (Wildman–Crippen MR) is 69.7 cm³/mol. The minimum absolute atomic E-state index is 0.449. The van der Waals surface area contributed by atoms with Gasteiger partial charge in [-0.3, -0.25) is 0 Å². The molecule has 0 saturated carbocycles. The van der Waals surface area contributed by atoms with Crippen LogP contribution in [0.5, 0.6) is 0 Å². The maximum absolute atomic E-state index is 5.79. The first-order valence-electron chi connectivity index (χ1n) is 6.69. The molecular weight excluding hydrogens is 198 g/mol. The molecule has 94 valence electrons. The fraction of sp³-hybridized carbons (Fsp3) is 0.857. The van der Waals surface area contributed by atoms with E-state index in [0.717, 1.165) is 19.6 Å². The lowest BCUT2D eigenvalue weighted by atomic mass is 9.90. The highest BCUT2D eigenvalue weighted by molar-refractivity contribution is 5.05. The van der Waals surface area contributed by atoms with Crippen LogP contribution in [0.4, 0.5) is 0 Å². The van der Waals surface area contributed by atoms with Crippen molar-refractivity contribution in [1.82, 2.24) is 5.32 Å². The van der Waals surface area contributed by atoms with E-state index in [-0.39, 0.29) is 0 Å². The first kappa shape index (κ1) is 13.7. The third kappa shape index (κ3) is 3.91. The first-order valence-corrected chi connectivity index (χ1v) is 6.69. The summed E-state index contributed by atoms with van der Waals surface area (Å²) in [4.78, 5) is 0. The average molecular weight is 225 g/mol. The zero-order valence-corrected chi connectivity index (χ0v) is 11.3. The molecule has 1 heterocycles. The zero-order chi connectivity index (χ0) is 12.0. The number of hydrogen-bond acceptors (Lipinski definition) is 2. The summed E-state index contributed by atoms with van der Waals surface area (Å²) in [5, 5.41) is 3.65. The van der Waals surface area contributed by atoms with E-state index < -0.39 is 0 Å². The van der Waals surface area contributed by atoms with E-state index in [0.29, 0.717) is 18.1 Å². The molecule has 1 fully saturated rings. The van der Waals surface area contributed by atoms with Crippen LogP contribution in [-0.4, -0.2) is 25.3 Å². The molecule has 0 aromatic carbocycles. The predicted octanol–water partition coefficient (Wildman–Crippen LogP) is 3.14. The lowest BCUT2D eigenvalue weighted by Crippen LogP contribution is -2.39. The van der Waals surface area contributed by atoms with Crippen molar-refractivity contribution in [3.05, 3.63) is 11.6 Å². The summed E-state index contributed by atoms with van der Waals surface area (Å²) in [6.45, 7) is 10.8. The second-order valence-electron chi connectivity index (χ2n) is 4.99. The van der Waals surface area contributed by atoms with E-state index in [1.165, 1.54) is 18.4 Å². The number of hydrogen-bond donors (Lipinski definition) is 1. The first-order chi connectivity index (χ1) is 7.69. The molecular formula is C14H27NO. The Kier molecular flexibility index (Phi) is 6.07. The van der Waals surface area contributed by atoms with Crippen molar-refractivity contribution in [2.45, 2.75) is 59.1 Å². The summed E-state index contributed by atoms with van der Waals surface area (Å²) < 4.78 is 5.79. The van der Waals surface area contributed by atoms with Crippen molar-refractivity contribution >= 4 is 0 Å². The highest BCUT2D eigenvalue weighted by atomic mass is 16.5. The van der Waals surface area contributed by atoms with Gasteiger partial charge in [-0.1, -0.05) is 25.5 Å². The fourth-order valence-corrected chi connectivity index (χ4v) is 2.50. The smallest absolute Gasteiger partial charge is 0.0619 e.